The summed E-state index contributed by atoms with van der Waals surface area (Å²) in [6.07, 6.45) is 1.36. The summed E-state index contributed by atoms with van der Waals surface area (Å²) >= 11 is 0. The lowest BCUT2D eigenvalue weighted by Gasteiger charge is -2.32. The molecule has 0 bridgehead atoms. The summed E-state index contributed by atoms with van der Waals surface area (Å²) in [7, 11) is 2.20. The Morgan fingerprint density at radius 3 is 2.50 bits per heavy atom. The molecule has 2 rings (SSSR count). The third-order valence-corrected chi connectivity index (χ3v) is 3.50. The molecule has 2 heterocycles. The van der Waals surface area contributed by atoms with Crippen LogP contribution in [0.1, 0.15) is 20.3 Å². The van der Waals surface area contributed by atoms with Crippen molar-refractivity contribution < 1.29 is 4.74 Å². The molecule has 0 radical (unpaired) electrons. The molecule has 0 amide bonds. The second-order valence-corrected chi connectivity index (χ2v) is 5.76. The van der Waals surface area contributed by atoms with Gasteiger partial charge in [-0.1, -0.05) is 0 Å². The molecule has 4 nitrogen and oxygen atoms in total. The first kappa shape index (κ1) is 12.3. The topological polar surface area (TPSA) is 27.7 Å². The van der Waals surface area contributed by atoms with E-state index in [1.54, 1.807) is 0 Å². The summed E-state index contributed by atoms with van der Waals surface area (Å²) < 4.78 is 5.73. The smallest absolute Gasteiger partial charge is 0.109 e. The zero-order valence-corrected chi connectivity index (χ0v) is 10.8. The minimum Gasteiger partial charge on any atom is -0.361 e. The van der Waals surface area contributed by atoms with Crippen molar-refractivity contribution in [2.45, 2.75) is 32.0 Å². The van der Waals surface area contributed by atoms with Crippen LogP contribution in [-0.2, 0) is 4.74 Å². The van der Waals surface area contributed by atoms with Gasteiger partial charge in [0.15, 0.2) is 0 Å². The van der Waals surface area contributed by atoms with Crippen molar-refractivity contribution in [3.63, 3.8) is 0 Å². The third-order valence-electron chi connectivity index (χ3n) is 3.50. The van der Waals surface area contributed by atoms with Crippen LogP contribution in [0.15, 0.2) is 0 Å². The summed E-state index contributed by atoms with van der Waals surface area (Å²) in [5, 5.41) is 3.52. The molecular formula is C12H25N3O. The van der Waals surface area contributed by atoms with E-state index in [4.69, 9.17) is 4.74 Å². The van der Waals surface area contributed by atoms with E-state index in [1.807, 2.05) is 0 Å². The maximum atomic E-state index is 5.73. The van der Waals surface area contributed by atoms with Gasteiger partial charge in [-0.3, -0.25) is 5.32 Å². The first-order valence-electron chi connectivity index (χ1n) is 6.35. The quantitative estimate of drug-likeness (QED) is 0.753. The molecule has 4 heteroatoms. The SMILES string of the molecule is CN1CCN(CCC2NC(C)(C)CO2)CC1. The van der Waals surface area contributed by atoms with Crippen LogP contribution in [0.5, 0.6) is 0 Å². The molecule has 2 saturated heterocycles. The molecule has 0 saturated carbocycles. The summed E-state index contributed by atoms with van der Waals surface area (Å²) in [6.45, 7) is 11.2. The predicted molar refractivity (Wildman–Crippen MR) is 65.5 cm³/mol. The third kappa shape index (κ3) is 3.42. The molecule has 0 spiro atoms. The molecule has 2 aliphatic heterocycles. The van der Waals surface area contributed by atoms with E-state index in [2.05, 4.69) is 36.0 Å². The van der Waals surface area contributed by atoms with E-state index in [9.17, 15) is 0 Å². The van der Waals surface area contributed by atoms with E-state index in [-0.39, 0.29) is 11.8 Å². The molecule has 0 aromatic carbocycles. The van der Waals surface area contributed by atoms with Gasteiger partial charge >= 0.3 is 0 Å². The Kier molecular flexibility index (Phi) is 3.85. The molecule has 1 atom stereocenters. The zero-order chi connectivity index (χ0) is 11.6. The van der Waals surface area contributed by atoms with E-state index >= 15 is 0 Å². The van der Waals surface area contributed by atoms with Crippen LogP contribution in [0.3, 0.4) is 0 Å². The monoisotopic (exact) mass is 227 g/mol. The number of ether oxygens (including phenoxy) is 1. The van der Waals surface area contributed by atoms with Gasteiger partial charge in [-0.25, -0.2) is 0 Å². The van der Waals surface area contributed by atoms with Crippen LogP contribution in [-0.4, -0.2) is 67.9 Å². The lowest BCUT2D eigenvalue weighted by atomic mass is 10.1. The Bertz CT molecular complexity index is 224. The highest BCUT2D eigenvalue weighted by molar-refractivity contribution is 4.85. The summed E-state index contributed by atoms with van der Waals surface area (Å²) in [4.78, 5) is 4.93. The molecule has 0 aromatic heterocycles. The molecule has 94 valence electrons. The Morgan fingerprint density at radius 2 is 1.94 bits per heavy atom. The molecule has 0 aromatic rings. The number of hydrogen-bond acceptors (Lipinski definition) is 4. The standard InChI is InChI=1S/C12H25N3O/c1-12(2)10-16-11(13-12)4-5-15-8-6-14(3)7-9-15/h11,13H,4-10H2,1-3H3. The van der Waals surface area contributed by atoms with Crippen LogP contribution >= 0.6 is 0 Å². The van der Waals surface area contributed by atoms with Gasteiger partial charge in [-0.05, 0) is 27.3 Å². The van der Waals surface area contributed by atoms with Crippen molar-refractivity contribution >= 4 is 0 Å². The first-order chi connectivity index (χ1) is 7.55. The lowest BCUT2D eigenvalue weighted by molar-refractivity contribution is 0.0720. The fourth-order valence-corrected chi connectivity index (χ4v) is 2.35. The first-order valence-corrected chi connectivity index (χ1v) is 6.35. The van der Waals surface area contributed by atoms with Gasteiger partial charge in [0.25, 0.3) is 0 Å². The van der Waals surface area contributed by atoms with E-state index in [0.29, 0.717) is 0 Å². The zero-order valence-electron chi connectivity index (χ0n) is 10.8. The minimum absolute atomic E-state index is 0.160. The van der Waals surface area contributed by atoms with Crippen molar-refractivity contribution in [3.8, 4) is 0 Å². The van der Waals surface area contributed by atoms with Gasteiger partial charge in [0, 0.05) is 38.3 Å². The second kappa shape index (κ2) is 5.00. The molecule has 1 unspecified atom stereocenters. The Morgan fingerprint density at radius 1 is 1.25 bits per heavy atom. The van der Waals surface area contributed by atoms with Crippen LogP contribution < -0.4 is 5.32 Å². The predicted octanol–water partition coefficient (Wildman–Crippen LogP) is 0.348. The second-order valence-electron chi connectivity index (χ2n) is 5.76. The van der Waals surface area contributed by atoms with Crippen LogP contribution in [0.25, 0.3) is 0 Å². The van der Waals surface area contributed by atoms with Crippen molar-refractivity contribution in [1.29, 1.82) is 0 Å². The summed E-state index contributed by atoms with van der Waals surface area (Å²) in [5.74, 6) is 0. The molecule has 16 heavy (non-hydrogen) atoms. The van der Waals surface area contributed by atoms with Gasteiger partial charge in [-0.15, -0.1) is 0 Å². The van der Waals surface area contributed by atoms with Crippen molar-refractivity contribution in [1.82, 2.24) is 15.1 Å². The van der Waals surface area contributed by atoms with Gasteiger partial charge in [0.1, 0.15) is 6.23 Å². The number of rotatable bonds is 3. The maximum Gasteiger partial charge on any atom is 0.109 e. The molecular weight excluding hydrogens is 202 g/mol. The number of nitrogens with zero attached hydrogens (tertiary/aromatic N) is 2. The van der Waals surface area contributed by atoms with E-state index in [1.165, 1.54) is 26.2 Å². The molecule has 2 fully saturated rings. The molecule has 2 aliphatic rings. The number of hydrogen-bond donors (Lipinski definition) is 1. The van der Waals surface area contributed by atoms with Gasteiger partial charge < -0.3 is 14.5 Å². The highest BCUT2D eigenvalue weighted by Crippen LogP contribution is 2.16. The summed E-state index contributed by atoms with van der Waals surface area (Å²) in [5.41, 5.74) is 0.160. The normalized spacial score (nSPS) is 32.1. The molecule has 0 aliphatic carbocycles. The number of likely N-dealkylation sites (N-methyl/N-ethyl adjacent to an activating group) is 1. The fourth-order valence-electron chi connectivity index (χ4n) is 2.35. The largest absolute Gasteiger partial charge is 0.361 e. The highest BCUT2D eigenvalue weighted by atomic mass is 16.5. The number of piperazine rings is 1. The Balaban J connectivity index is 1.65. The number of nitrogens with one attached hydrogen (secondary N) is 1. The van der Waals surface area contributed by atoms with E-state index in [0.717, 1.165) is 19.6 Å². The average Bonchev–Trinajstić information content (AvgIpc) is 2.58. The van der Waals surface area contributed by atoms with Gasteiger partial charge in [-0.2, -0.15) is 0 Å². The van der Waals surface area contributed by atoms with Crippen molar-refractivity contribution in [3.05, 3.63) is 0 Å². The van der Waals surface area contributed by atoms with Crippen molar-refractivity contribution in [2.24, 2.45) is 0 Å². The Labute approximate surface area is 98.9 Å². The lowest BCUT2D eigenvalue weighted by Crippen LogP contribution is -2.46. The minimum atomic E-state index is 0.160. The highest BCUT2D eigenvalue weighted by Gasteiger charge is 2.30. The van der Waals surface area contributed by atoms with Gasteiger partial charge in [0.05, 0.1) is 6.61 Å². The average molecular weight is 227 g/mol. The summed E-state index contributed by atoms with van der Waals surface area (Å²) in [6, 6.07) is 0. The van der Waals surface area contributed by atoms with Gasteiger partial charge in [0.2, 0.25) is 0 Å². The Hall–Kier alpha value is -0.160. The maximum absolute atomic E-state index is 5.73. The fraction of sp³-hybridized carbons (Fsp3) is 1.00. The molecule has 1 N–H and O–H groups in total. The van der Waals surface area contributed by atoms with Crippen LogP contribution in [0.4, 0.5) is 0 Å². The van der Waals surface area contributed by atoms with Crippen LogP contribution in [0.2, 0.25) is 0 Å². The van der Waals surface area contributed by atoms with E-state index < -0.39 is 0 Å². The van der Waals surface area contributed by atoms with Crippen LogP contribution in [0, 0.1) is 0 Å². The van der Waals surface area contributed by atoms with Crippen molar-refractivity contribution in [2.75, 3.05) is 46.4 Å².